The molecular formula is C17H17N3O2. The molecule has 0 aliphatic rings. The minimum atomic E-state index is 0.486. The van der Waals surface area contributed by atoms with Crippen LogP contribution in [0.1, 0.15) is 6.92 Å². The second-order valence-electron chi connectivity index (χ2n) is 4.71. The van der Waals surface area contributed by atoms with E-state index in [0.29, 0.717) is 11.8 Å². The number of aromatic nitrogens is 2. The van der Waals surface area contributed by atoms with Gasteiger partial charge in [0.2, 0.25) is 5.82 Å². The van der Waals surface area contributed by atoms with Crippen LogP contribution in [-0.2, 0) is 0 Å². The number of rotatable bonds is 5. The van der Waals surface area contributed by atoms with Crippen molar-refractivity contribution in [1.29, 1.82) is 0 Å². The lowest BCUT2D eigenvalue weighted by molar-refractivity contribution is 0.414. The SMILES string of the molecule is CCN(c1ccccc1)c1nc(-c2ccc(OC)cc2)no1. The van der Waals surface area contributed by atoms with E-state index in [9.17, 15) is 0 Å². The first kappa shape index (κ1) is 14.1. The Morgan fingerprint density at radius 2 is 1.77 bits per heavy atom. The van der Waals surface area contributed by atoms with Gasteiger partial charge in [-0.1, -0.05) is 23.4 Å². The summed E-state index contributed by atoms with van der Waals surface area (Å²) in [5.74, 6) is 1.36. The Balaban J connectivity index is 1.88. The second kappa shape index (κ2) is 6.30. The van der Waals surface area contributed by atoms with E-state index in [1.807, 2.05) is 66.4 Å². The molecule has 3 aromatic rings. The minimum absolute atomic E-state index is 0.486. The van der Waals surface area contributed by atoms with Crippen LogP contribution >= 0.6 is 0 Å². The van der Waals surface area contributed by atoms with Crippen molar-refractivity contribution in [2.45, 2.75) is 6.92 Å². The standard InChI is InChI=1S/C17H17N3O2/c1-3-20(14-7-5-4-6-8-14)17-18-16(19-22-17)13-9-11-15(21-2)12-10-13/h4-12H,3H2,1-2H3. The van der Waals surface area contributed by atoms with Gasteiger partial charge in [-0.05, 0) is 43.3 Å². The number of benzene rings is 2. The molecule has 0 N–H and O–H groups in total. The molecule has 0 saturated heterocycles. The second-order valence-corrected chi connectivity index (χ2v) is 4.71. The van der Waals surface area contributed by atoms with E-state index >= 15 is 0 Å². The van der Waals surface area contributed by atoms with Crippen molar-refractivity contribution in [3.63, 3.8) is 0 Å². The molecule has 0 aliphatic heterocycles. The molecule has 0 atom stereocenters. The van der Waals surface area contributed by atoms with E-state index in [1.54, 1.807) is 7.11 Å². The molecule has 1 aromatic heterocycles. The van der Waals surface area contributed by atoms with Gasteiger partial charge in [0.15, 0.2) is 0 Å². The predicted octanol–water partition coefficient (Wildman–Crippen LogP) is 3.90. The molecule has 5 nitrogen and oxygen atoms in total. The zero-order valence-electron chi connectivity index (χ0n) is 12.6. The largest absolute Gasteiger partial charge is 0.497 e. The first-order chi connectivity index (χ1) is 10.8. The van der Waals surface area contributed by atoms with Crippen molar-refractivity contribution in [2.24, 2.45) is 0 Å². The van der Waals surface area contributed by atoms with E-state index < -0.39 is 0 Å². The van der Waals surface area contributed by atoms with Crippen LogP contribution in [0.25, 0.3) is 11.4 Å². The molecule has 3 rings (SSSR count). The van der Waals surface area contributed by atoms with Crippen LogP contribution in [-0.4, -0.2) is 23.8 Å². The fourth-order valence-corrected chi connectivity index (χ4v) is 2.22. The number of para-hydroxylation sites is 1. The summed E-state index contributed by atoms with van der Waals surface area (Å²) in [6.45, 7) is 2.79. The van der Waals surface area contributed by atoms with E-state index in [2.05, 4.69) is 10.1 Å². The van der Waals surface area contributed by atoms with Gasteiger partial charge in [0.05, 0.1) is 7.11 Å². The summed E-state index contributed by atoms with van der Waals surface area (Å²) >= 11 is 0. The zero-order valence-corrected chi connectivity index (χ0v) is 12.6. The number of hydrogen-bond donors (Lipinski definition) is 0. The lowest BCUT2D eigenvalue weighted by Crippen LogP contribution is -2.16. The maximum Gasteiger partial charge on any atom is 0.328 e. The Morgan fingerprint density at radius 1 is 1.05 bits per heavy atom. The third-order valence-electron chi connectivity index (χ3n) is 3.38. The van der Waals surface area contributed by atoms with Gasteiger partial charge >= 0.3 is 6.01 Å². The number of methoxy groups -OCH3 is 1. The fourth-order valence-electron chi connectivity index (χ4n) is 2.22. The average molecular weight is 295 g/mol. The van der Waals surface area contributed by atoms with Crippen molar-refractivity contribution in [3.05, 3.63) is 54.6 Å². The molecule has 0 radical (unpaired) electrons. The van der Waals surface area contributed by atoms with Crippen LogP contribution in [0.4, 0.5) is 11.7 Å². The van der Waals surface area contributed by atoms with Crippen LogP contribution in [0.3, 0.4) is 0 Å². The topological polar surface area (TPSA) is 51.4 Å². The van der Waals surface area contributed by atoms with Crippen molar-refractivity contribution in [1.82, 2.24) is 10.1 Å². The molecule has 5 heteroatoms. The molecule has 1 heterocycles. The Hall–Kier alpha value is -2.82. The summed E-state index contributed by atoms with van der Waals surface area (Å²) in [6.07, 6.45) is 0. The Labute approximate surface area is 129 Å². The normalized spacial score (nSPS) is 10.5. The molecule has 2 aromatic carbocycles. The molecule has 0 bridgehead atoms. The highest BCUT2D eigenvalue weighted by atomic mass is 16.5. The van der Waals surface area contributed by atoms with E-state index in [4.69, 9.17) is 9.26 Å². The lowest BCUT2D eigenvalue weighted by Gasteiger charge is -2.17. The van der Waals surface area contributed by atoms with Crippen LogP contribution < -0.4 is 9.64 Å². The first-order valence-electron chi connectivity index (χ1n) is 7.12. The molecule has 0 amide bonds. The highest BCUT2D eigenvalue weighted by molar-refractivity contribution is 5.60. The van der Waals surface area contributed by atoms with E-state index in [1.165, 1.54) is 0 Å². The molecule has 0 fully saturated rings. The molecule has 0 unspecified atom stereocenters. The fraction of sp³-hybridized carbons (Fsp3) is 0.176. The zero-order chi connectivity index (χ0) is 15.4. The van der Waals surface area contributed by atoms with Crippen LogP contribution in [0.2, 0.25) is 0 Å². The smallest absolute Gasteiger partial charge is 0.328 e. The predicted molar refractivity (Wildman–Crippen MR) is 85.4 cm³/mol. The lowest BCUT2D eigenvalue weighted by atomic mass is 10.2. The van der Waals surface area contributed by atoms with E-state index in [0.717, 1.165) is 23.5 Å². The van der Waals surface area contributed by atoms with Gasteiger partial charge in [-0.15, -0.1) is 0 Å². The van der Waals surface area contributed by atoms with Crippen LogP contribution in [0.15, 0.2) is 59.1 Å². The van der Waals surface area contributed by atoms with Crippen LogP contribution in [0.5, 0.6) is 5.75 Å². The highest BCUT2D eigenvalue weighted by Crippen LogP contribution is 2.26. The Morgan fingerprint density at radius 3 is 2.41 bits per heavy atom. The number of anilines is 2. The molecule has 22 heavy (non-hydrogen) atoms. The summed E-state index contributed by atoms with van der Waals surface area (Å²) in [6, 6.07) is 18.0. The van der Waals surface area contributed by atoms with Crippen molar-refractivity contribution >= 4 is 11.7 Å². The van der Waals surface area contributed by atoms with Gasteiger partial charge < -0.3 is 9.26 Å². The quantitative estimate of drug-likeness (QED) is 0.714. The number of ether oxygens (including phenoxy) is 1. The molecule has 0 saturated carbocycles. The van der Waals surface area contributed by atoms with Gasteiger partial charge in [0.1, 0.15) is 5.75 Å². The molecule has 112 valence electrons. The number of hydrogen-bond acceptors (Lipinski definition) is 5. The van der Waals surface area contributed by atoms with E-state index in [-0.39, 0.29) is 0 Å². The Kier molecular flexibility index (Phi) is 4.05. The molecular weight excluding hydrogens is 278 g/mol. The number of nitrogens with zero attached hydrogens (tertiary/aromatic N) is 3. The minimum Gasteiger partial charge on any atom is -0.497 e. The van der Waals surface area contributed by atoms with Crippen molar-refractivity contribution in [2.75, 3.05) is 18.6 Å². The van der Waals surface area contributed by atoms with Crippen LogP contribution in [0, 0.1) is 0 Å². The molecule has 0 spiro atoms. The average Bonchev–Trinajstić information content (AvgIpc) is 3.06. The highest BCUT2D eigenvalue weighted by Gasteiger charge is 2.15. The summed E-state index contributed by atoms with van der Waals surface area (Å²) in [5, 5.41) is 4.07. The summed E-state index contributed by atoms with van der Waals surface area (Å²) in [5.41, 5.74) is 1.91. The summed E-state index contributed by atoms with van der Waals surface area (Å²) in [4.78, 5) is 6.46. The van der Waals surface area contributed by atoms with Gasteiger partial charge in [-0.2, -0.15) is 4.98 Å². The van der Waals surface area contributed by atoms with Gasteiger partial charge in [-0.3, -0.25) is 4.90 Å². The first-order valence-corrected chi connectivity index (χ1v) is 7.12. The summed E-state index contributed by atoms with van der Waals surface area (Å²) < 4.78 is 10.6. The monoisotopic (exact) mass is 295 g/mol. The maximum absolute atomic E-state index is 5.42. The molecule has 0 aliphatic carbocycles. The van der Waals surface area contributed by atoms with Gasteiger partial charge in [0.25, 0.3) is 0 Å². The summed E-state index contributed by atoms with van der Waals surface area (Å²) in [7, 11) is 1.64. The Bertz CT molecular complexity index is 723. The third-order valence-corrected chi connectivity index (χ3v) is 3.38. The van der Waals surface area contributed by atoms with Gasteiger partial charge in [-0.25, -0.2) is 0 Å². The third kappa shape index (κ3) is 2.79. The van der Waals surface area contributed by atoms with Crippen molar-refractivity contribution < 1.29 is 9.26 Å². The maximum atomic E-state index is 5.42. The van der Waals surface area contributed by atoms with Crippen molar-refractivity contribution in [3.8, 4) is 17.1 Å². The van der Waals surface area contributed by atoms with Gasteiger partial charge in [0, 0.05) is 17.8 Å².